The van der Waals surface area contributed by atoms with E-state index in [9.17, 15) is 18.7 Å². The number of nitrogens with zero attached hydrogens (tertiary/aromatic N) is 3. The zero-order valence-corrected chi connectivity index (χ0v) is 10.8. The van der Waals surface area contributed by atoms with E-state index in [0.717, 1.165) is 12.1 Å². The minimum absolute atomic E-state index is 0.0500. The molecule has 5 nitrogen and oxygen atoms in total. The van der Waals surface area contributed by atoms with E-state index in [1.54, 1.807) is 13.2 Å². The molecule has 3 rings (SSSR count). The number of halogens is 2. The molecule has 1 N–H and O–H groups in total. The first kappa shape index (κ1) is 13.2. The number of pyridine rings is 1. The number of aromatic nitrogens is 3. The van der Waals surface area contributed by atoms with E-state index in [0.29, 0.717) is 11.3 Å². The van der Waals surface area contributed by atoms with Gasteiger partial charge in [-0.15, -0.1) is 0 Å². The van der Waals surface area contributed by atoms with Crippen molar-refractivity contribution in [1.29, 1.82) is 0 Å². The zero-order valence-electron chi connectivity index (χ0n) is 10.8. The van der Waals surface area contributed by atoms with E-state index >= 15 is 0 Å². The maximum Gasteiger partial charge on any atom is 0.336 e. The number of hydrogen-bond donors (Lipinski definition) is 1. The summed E-state index contributed by atoms with van der Waals surface area (Å²) in [6.45, 7) is 0. The largest absolute Gasteiger partial charge is 0.478 e. The Bertz CT molecular complexity index is 874. The summed E-state index contributed by atoms with van der Waals surface area (Å²) in [5.41, 5.74) is 0.857. The molecule has 0 bridgehead atoms. The molecule has 0 unspecified atom stereocenters. The van der Waals surface area contributed by atoms with Gasteiger partial charge in [0.2, 0.25) is 0 Å². The molecule has 0 saturated heterocycles. The molecule has 106 valence electrons. The van der Waals surface area contributed by atoms with Gasteiger partial charge in [-0.2, -0.15) is 5.10 Å². The van der Waals surface area contributed by atoms with E-state index in [4.69, 9.17) is 0 Å². The molecule has 0 amide bonds. The highest BCUT2D eigenvalue weighted by Gasteiger charge is 2.16. The summed E-state index contributed by atoms with van der Waals surface area (Å²) in [7, 11) is 1.71. The predicted octanol–water partition coefficient (Wildman–Crippen LogP) is 2.61. The number of carboxylic acids is 1. The third kappa shape index (κ3) is 2.22. The first-order valence-electron chi connectivity index (χ1n) is 5.98. The van der Waals surface area contributed by atoms with E-state index in [2.05, 4.69) is 10.1 Å². The van der Waals surface area contributed by atoms with Crippen molar-refractivity contribution in [1.82, 2.24) is 14.8 Å². The van der Waals surface area contributed by atoms with Gasteiger partial charge in [0.1, 0.15) is 0 Å². The second kappa shape index (κ2) is 4.62. The number of benzene rings is 1. The molecule has 7 heteroatoms. The maximum atomic E-state index is 13.3. The fourth-order valence-electron chi connectivity index (χ4n) is 2.10. The monoisotopic (exact) mass is 289 g/mol. The number of fused-ring (bicyclic) bond motifs is 1. The maximum absolute atomic E-state index is 13.3. The number of hydrogen-bond acceptors (Lipinski definition) is 3. The van der Waals surface area contributed by atoms with Crippen LogP contribution in [0.15, 0.2) is 30.6 Å². The quantitative estimate of drug-likeness (QED) is 0.787. The van der Waals surface area contributed by atoms with Crippen molar-refractivity contribution in [2.24, 2.45) is 7.05 Å². The van der Waals surface area contributed by atoms with E-state index in [1.807, 2.05) is 0 Å². The van der Waals surface area contributed by atoms with Crippen molar-refractivity contribution in [3.8, 4) is 11.3 Å². The minimum atomic E-state index is -1.24. The Hall–Kier alpha value is -2.83. The van der Waals surface area contributed by atoms with Crippen LogP contribution in [-0.4, -0.2) is 25.8 Å². The minimum Gasteiger partial charge on any atom is -0.478 e. The van der Waals surface area contributed by atoms with Gasteiger partial charge < -0.3 is 5.11 Å². The van der Waals surface area contributed by atoms with Crippen molar-refractivity contribution in [2.75, 3.05) is 0 Å². The molecule has 0 radical (unpaired) electrons. The Morgan fingerprint density at radius 3 is 2.57 bits per heavy atom. The lowest BCUT2D eigenvalue weighted by atomic mass is 10.1. The van der Waals surface area contributed by atoms with Crippen LogP contribution in [0, 0.1) is 11.6 Å². The summed E-state index contributed by atoms with van der Waals surface area (Å²) < 4.78 is 28.2. The van der Waals surface area contributed by atoms with Gasteiger partial charge in [-0.3, -0.25) is 4.68 Å². The third-order valence-corrected chi connectivity index (χ3v) is 3.08. The second-order valence-corrected chi connectivity index (χ2v) is 4.55. The summed E-state index contributed by atoms with van der Waals surface area (Å²) in [4.78, 5) is 15.5. The molecule has 0 aliphatic carbocycles. The van der Waals surface area contributed by atoms with Gasteiger partial charge in [0, 0.05) is 30.3 Å². The van der Waals surface area contributed by atoms with Crippen LogP contribution >= 0.6 is 0 Å². The van der Waals surface area contributed by atoms with Gasteiger partial charge in [0.15, 0.2) is 11.6 Å². The van der Waals surface area contributed by atoms with Crippen LogP contribution in [0.1, 0.15) is 10.4 Å². The van der Waals surface area contributed by atoms with Crippen molar-refractivity contribution in [3.63, 3.8) is 0 Å². The van der Waals surface area contributed by atoms with Gasteiger partial charge in [-0.1, -0.05) is 0 Å². The summed E-state index contributed by atoms with van der Waals surface area (Å²) in [6.07, 6.45) is 3.17. The molecule has 2 heterocycles. The normalized spacial score (nSPS) is 11.0. The van der Waals surface area contributed by atoms with Gasteiger partial charge in [0.05, 0.1) is 23.0 Å². The topological polar surface area (TPSA) is 68.0 Å². The SMILES string of the molecule is Cn1cc(-c2cc(C(=O)O)c3cc(F)c(F)cc3n2)cn1. The molecule has 3 aromatic rings. The average molecular weight is 289 g/mol. The standard InChI is InChI=1S/C14H9F2N3O2/c1-19-6-7(5-17-19)12-3-9(14(20)21)8-2-10(15)11(16)4-13(8)18-12/h2-6H,1H3,(H,20,21). The number of aryl methyl sites for hydroxylation is 1. The van der Waals surface area contributed by atoms with Gasteiger partial charge in [-0.25, -0.2) is 18.6 Å². The average Bonchev–Trinajstić information content (AvgIpc) is 2.85. The van der Waals surface area contributed by atoms with Crippen LogP contribution in [0.3, 0.4) is 0 Å². The Kier molecular flexibility index (Phi) is 2.90. The molecule has 0 aliphatic rings. The highest BCUT2D eigenvalue weighted by molar-refractivity contribution is 6.03. The van der Waals surface area contributed by atoms with E-state index in [-0.39, 0.29) is 16.5 Å². The van der Waals surface area contributed by atoms with Crippen molar-refractivity contribution in [3.05, 3.63) is 47.8 Å². The first-order chi connectivity index (χ1) is 9.95. The molecular weight excluding hydrogens is 280 g/mol. The number of carbonyl (C=O) groups is 1. The third-order valence-electron chi connectivity index (χ3n) is 3.08. The Labute approximate surface area is 117 Å². The molecule has 21 heavy (non-hydrogen) atoms. The Morgan fingerprint density at radius 2 is 1.95 bits per heavy atom. The summed E-state index contributed by atoms with van der Waals surface area (Å²) >= 11 is 0. The number of aromatic carboxylic acids is 1. The second-order valence-electron chi connectivity index (χ2n) is 4.55. The smallest absolute Gasteiger partial charge is 0.336 e. The molecule has 0 spiro atoms. The number of carboxylic acid groups (broad SMARTS) is 1. The zero-order chi connectivity index (χ0) is 15.1. The molecule has 1 aromatic carbocycles. The summed E-state index contributed by atoms with van der Waals surface area (Å²) in [5.74, 6) is -3.42. The molecule has 0 fully saturated rings. The Balaban J connectivity index is 2.34. The predicted molar refractivity (Wildman–Crippen MR) is 70.8 cm³/mol. The van der Waals surface area contributed by atoms with Crippen molar-refractivity contribution in [2.45, 2.75) is 0 Å². The van der Waals surface area contributed by atoms with Crippen LogP contribution < -0.4 is 0 Å². The van der Waals surface area contributed by atoms with E-state index in [1.165, 1.54) is 16.9 Å². The number of rotatable bonds is 2. The van der Waals surface area contributed by atoms with Crippen molar-refractivity contribution < 1.29 is 18.7 Å². The van der Waals surface area contributed by atoms with Crippen LogP contribution in [0.2, 0.25) is 0 Å². The lowest BCUT2D eigenvalue weighted by molar-refractivity contribution is 0.0699. The summed E-state index contributed by atoms with van der Waals surface area (Å²) in [6, 6.07) is 3.05. The molecular formula is C14H9F2N3O2. The van der Waals surface area contributed by atoms with Gasteiger partial charge in [0.25, 0.3) is 0 Å². The highest BCUT2D eigenvalue weighted by Crippen LogP contribution is 2.26. The van der Waals surface area contributed by atoms with Crippen molar-refractivity contribution >= 4 is 16.9 Å². The van der Waals surface area contributed by atoms with Gasteiger partial charge >= 0.3 is 5.97 Å². The molecule has 2 aromatic heterocycles. The Morgan fingerprint density at radius 1 is 1.24 bits per heavy atom. The van der Waals surface area contributed by atoms with Crippen LogP contribution in [0.25, 0.3) is 22.2 Å². The van der Waals surface area contributed by atoms with Crippen LogP contribution in [0.5, 0.6) is 0 Å². The van der Waals surface area contributed by atoms with Crippen LogP contribution in [0.4, 0.5) is 8.78 Å². The molecule has 0 atom stereocenters. The van der Waals surface area contributed by atoms with E-state index < -0.39 is 17.6 Å². The highest BCUT2D eigenvalue weighted by atomic mass is 19.2. The first-order valence-corrected chi connectivity index (χ1v) is 5.98. The molecule has 0 aliphatic heterocycles. The lowest BCUT2D eigenvalue weighted by Gasteiger charge is -2.06. The fraction of sp³-hybridized carbons (Fsp3) is 0.0714. The summed E-state index contributed by atoms with van der Waals surface area (Å²) in [5, 5.41) is 13.3. The van der Waals surface area contributed by atoms with Gasteiger partial charge in [-0.05, 0) is 12.1 Å². The lowest BCUT2D eigenvalue weighted by Crippen LogP contribution is -2.01. The van der Waals surface area contributed by atoms with Crippen LogP contribution in [-0.2, 0) is 7.05 Å². The fourth-order valence-corrected chi connectivity index (χ4v) is 2.10. The molecule has 0 saturated carbocycles.